The van der Waals surface area contributed by atoms with Crippen LogP contribution in [0.2, 0.25) is 0 Å². The van der Waals surface area contributed by atoms with Gasteiger partial charge in [-0.05, 0) is 51.6 Å². The molecule has 0 aromatic rings. The highest BCUT2D eigenvalue weighted by atomic mass is 15.2. The van der Waals surface area contributed by atoms with E-state index in [-0.39, 0.29) is 0 Å². The van der Waals surface area contributed by atoms with E-state index in [0.29, 0.717) is 0 Å². The van der Waals surface area contributed by atoms with Crippen molar-refractivity contribution in [1.29, 1.82) is 0 Å². The number of hydrogen-bond donors (Lipinski definition) is 1. The highest BCUT2D eigenvalue weighted by molar-refractivity contribution is 4.76. The first-order chi connectivity index (χ1) is 6.24. The Bertz CT molecular complexity index is 136. The summed E-state index contributed by atoms with van der Waals surface area (Å²) in [5.74, 6) is 0.823. The van der Waals surface area contributed by atoms with Crippen LogP contribution in [0, 0.1) is 5.92 Å². The fraction of sp³-hybridized carbons (Fsp3) is 1.00. The molecular formula is C11H24N2. The number of nitrogens with zero attached hydrogens (tertiary/aromatic N) is 1. The van der Waals surface area contributed by atoms with E-state index in [9.17, 15) is 0 Å². The van der Waals surface area contributed by atoms with Crippen molar-refractivity contribution < 1.29 is 0 Å². The van der Waals surface area contributed by atoms with E-state index in [0.717, 1.165) is 18.5 Å². The van der Waals surface area contributed by atoms with Crippen LogP contribution in [0.1, 0.15) is 39.5 Å². The van der Waals surface area contributed by atoms with Gasteiger partial charge in [0.2, 0.25) is 0 Å². The van der Waals surface area contributed by atoms with E-state index < -0.39 is 0 Å². The van der Waals surface area contributed by atoms with E-state index in [1.807, 2.05) is 0 Å². The zero-order valence-electron chi connectivity index (χ0n) is 9.13. The molecule has 0 aromatic heterocycles. The predicted molar refractivity (Wildman–Crippen MR) is 57.7 cm³/mol. The Balaban J connectivity index is 2.15. The van der Waals surface area contributed by atoms with Gasteiger partial charge in [0, 0.05) is 12.6 Å². The van der Waals surface area contributed by atoms with Gasteiger partial charge in [0.05, 0.1) is 0 Å². The average Bonchev–Trinajstić information content (AvgIpc) is 2.48. The normalized spacial score (nSPS) is 26.5. The van der Waals surface area contributed by atoms with Crippen molar-refractivity contribution in [2.75, 3.05) is 19.6 Å². The topological polar surface area (TPSA) is 29.3 Å². The summed E-state index contributed by atoms with van der Waals surface area (Å²) in [7, 11) is 0. The quantitative estimate of drug-likeness (QED) is 0.706. The van der Waals surface area contributed by atoms with Crippen LogP contribution in [-0.2, 0) is 0 Å². The van der Waals surface area contributed by atoms with Crippen molar-refractivity contribution in [3.63, 3.8) is 0 Å². The van der Waals surface area contributed by atoms with Crippen LogP contribution < -0.4 is 5.73 Å². The fourth-order valence-corrected chi connectivity index (χ4v) is 2.22. The molecule has 2 unspecified atom stereocenters. The second kappa shape index (κ2) is 5.61. The summed E-state index contributed by atoms with van der Waals surface area (Å²) >= 11 is 0. The Morgan fingerprint density at radius 3 is 2.85 bits per heavy atom. The van der Waals surface area contributed by atoms with Crippen molar-refractivity contribution in [1.82, 2.24) is 4.90 Å². The zero-order chi connectivity index (χ0) is 9.68. The molecule has 2 heteroatoms. The van der Waals surface area contributed by atoms with Gasteiger partial charge in [-0.25, -0.2) is 0 Å². The monoisotopic (exact) mass is 184 g/mol. The SMILES string of the molecule is CC(CCCN)CN1CCCC1C. The minimum atomic E-state index is 0.820. The third-order valence-corrected chi connectivity index (χ3v) is 3.14. The Hall–Kier alpha value is -0.0800. The molecule has 1 aliphatic rings. The smallest absolute Gasteiger partial charge is 0.00675 e. The Morgan fingerprint density at radius 2 is 2.31 bits per heavy atom. The van der Waals surface area contributed by atoms with Crippen molar-refractivity contribution >= 4 is 0 Å². The van der Waals surface area contributed by atoms with E-state index in [1.54, 1.807) is 0 Å². The van der Waals surface area contributed by atoms with Crippen molar-refractivity contribution in [2.24, 2.45) is 11.7 Å². The first-order valence-electron chi connectivity index (χ1n) is 5.68. The first-order valence-corrected chi connectivity index (χ1v) is 5.68. The number of rotatable bonds is 5. The van der Waals surface area contributed by atoms with E-state index in [2.05, 4.69) is 18.7 Å². The Morgan fingerprint density at radius 1 is 1.54 bits per heavy atom. The molecule has 0 spiro atoms. The van der Waals surface area contributed by atoms with Gasteiger partial charge >= 0.3 is 0 Å². The van der Waals surface area contributed by atoms with Crippen molar-refractivity contribution in [3.8, 4) is 0 Å². The van der Waals surface area contributed by atoms with Gasteiger partial charge in [0.1, 0.15) is 0 Å². The molecule has 2 N–H and O–H groups in total. The molecule has 0 bridgehead atoms. The van der Waals surface area contributed by atoms with Crippen LogP contribution in [0.5, 0.6) is 0 Å². The van der Waals surface area contributed by atoms with Crippen LogP contribution in [0.4, 0.5) is 0 Å². The number of nitrogens with two attached hydrogens (primary N) is 1. The van der Waals surface area contributed by atoms with Crippen LogP contribution in [0.25, 0.3) is 0 Å². The van der Waals surface area contributed by atoms with Gasteiger partial charge in [-0.1, -0.05) is 6.92 Å². The summed E-state index contributed by atoms with van der Waals surface area (Å²) in [5.41, 5.74) is 5.50. The maximum atomic E-state index is 5.50. The maximum Gasteiger partial charge on any atom is 0.00675 e. The lowest BCUT2D eigenvalue weighted by molar-refractivity contribution is 0.226. The van der Waals surface area contributed by atoms with Crippen LogP contribution in [-0.4, -0.2) is 30.6 Å². The summed E-state index contributed by atoms with van der Waals surface area (Å²) in [6.45, 7) is 8.14. The minimum Gasteiger partial charge on any atom is -0.330 e. The second-order valence-electron chi connectivity index (χ2n) is 4.52. The number of likely N-dealkylation sites (tertiary alicyclic amines) is 1. The molecule has 0 aliphatic carbocycles. The zero-order valence-corrected chi connectivity index (χ0v) is 9.13. The van der Waals surface area contributed by atoms with Crippen LogP contribution in [0.15, 0.2) is 0 Å². The summed E-state index contributed by atoms with van der Waals surface area (Å²) in [6, 6.07) is 0.820. The van der Waals surface area contributed by atoms with Gasteiger partial charge in [-0.2, -0.15) is 0 Å². The molecule has 1 saturated heterocycles. The van der Waals surface area contributed by atoms with Gasteiger partial charge in [0.25, 0.3) is 0 Å². The molecule has 0 amide bonds. The van der Waals surface area contributed by atoms with Crippen molar-refractivity contribution in [3.05, 3.63) is 0 Å². The molecule has 1 fully saturated rings. The van der Waals surface area contributed by atoms with Gasteiger partial charge in [-0.15, -0.1) is 0 Å². The van der Waals surface area contributed by atoms with E-state index >= 15 is 0 Å². The van der Waals surface area contributed by atoms with E-state index in [4.69, 9.17) is 5.73 Å². The lowest BCUT2D eigenvalue weighted by Gasteiger charge is -2.24. The third-order valence-electron chi connectivity index (χ3n) is 3.14. The fourth-order valence-electron chi connectivity index (χ4n) is 2.22. The van der Waals surface area contributed by atoms with Gasteiger partial charge in [0.15, 0.2) is 0 Å². The third kappa shape index (κ3) is 3.65. The van der Waals surface area contributed by atoms with Crippen LogP contribution in [0.3, 0.4) is 0 Å². The molecular weight excluding hydrogens is 160 g/mol. The molecule has 0 radical (unpaired) electrons. The Kier molecular flexibility index (Phi) is 4.74. The molecule has 13 heavy (non-hydrogen) atoms. The first kappa shape index (κ1) is 11.0. The molecule has 0 aromatic carbocycles. The predicted octanol–water partition coefficient (Wildman–Crippen LogP) is 1.85. The summed E-state index contributed by atoms with van der Waals surface area (Å²) in [5, 5.41) is 0. The summed E-state index contributed by atoms with van der Waals surface area (Å²) in [6.07, 6.45) is 5.26. The molecule has 1 aliphatic heterocycles. The molecule has 1 rings (SSSR count). The maximum absolute atomic E-state index is 5.50. The molecule has 1 heterocycles. The second-order valence-corrected chi connectivity index (χ2v) is 4.52. The van der Waals surface area contributed by atoms with Crippen LogP contribution >= 0.6 is 0 Å². The molecule has 0 saturated carbocycles. The van der Waals surface area contributed by atoms with Gasteiger partial charge in [-0.3, -0.25) is 0 Å². The Labute approximate surface area is 82.5 Å². The molecule has 2 atom stereocenters. The lowest BCUT2D eigenvalue weighted by atomic mass is 10.0. The van der Waals surface area contributed by atoms with E-state index in [1.165, 1.54) is 38.8 Å². The minimum absolute atomic E-state index is 0.820. The standard InChI is InChI=1S/C11H24N2/c1-10(5-3-7-12)9-13-8-4-6-11(13)2/h10-11H,3-9,12H2,1-2H3. The summed E-state index contributed by atoms with van der Waals surface area (Å²) in [4.78, 5) is 2.63. The summed E-state index contributed by atoms with van der Waals surface area (Å²) < 4.78 is 0. The highest BCUT2D eigenvalue weighted by Gasteiger charge is 2.21. The average molecular weight is 184 g/mol. The van der Waals surface area contributed by atoms with Gasteiger partial charge < -0.3 is 10.6 Å². The largest absolute Gasteiger partial charge is 0.330 e. The molecule has 2 nitrogen and oxygen atoms in total. The molecule has 78 valence electrons. The lowest BCUT2D eigenvalue weighted by Crippen LogP contribution is -2.31. The highest BCUT2D eigenvalue weighted by Crippen LogP contribution is 2.19. The number of hydrogen-bond acceptors (Lipinski definition) is 2. The van der Waals surface area contributed by atoms with Crippen molar-refractivity contribution in [2.45, 2.75) is 45.6 Å².